The van der Waals surface area contributed by atoms with Crippen LogP contribution in [0, 0.1) is 29.6 Å². The van der Waals surface area contributed by atoms with Crippen molar-refractivity contribution >= 4 is 35.3 Å². The largest absolute Gasteiger partial charge is 0.458 e. The van der Waals surface area contributed by atoms with Gasteiger partial charge in [0.25, 0.3) is 0 Å². The number of aliphatic hydroxyl groups is 1. The lowest BCUT2D eigenvalue weighted by atomic mass is 9.58. The lowest BCUT2D eigenvalue weighted by Gasteiger charge is -2.53. The van der Waals surface area contributed by atoms with Crippen molar-refractivity contribution in [2.75, 3.05) is 12.5 Å². The molecule has 0 bridgehead atoms. The van der Waals surface area contributed by atoms with E-state index >= 15 is 0 Å². The van der Waals surface area contributed by atoms with Crippen LogP contribution in [0.1, 0.15) is 74.7 Å². The van der Waals surface area contributed by atoms with Crippen LogP contribution in [0.5, 0.6) is 0 Å². The molecule has 0 amide bonds. The second-order valence-corrected chi connectivity index (χ2v) is 12.3. The Balaban J connectivity index is 2.25. The molecular weight excluding hydrogens is 552 g/mol. The number of carbonyl (C=O) groups is 4. The van der Waals surface area contributed by atoms with Crippen LogP contribution in [0.2, 0.25) is 0 Å². The summed E-state index contributed by atoms with van der Waals surface area (Å²) in [6.07, 6.45) is 0.510. The van der Waals surface area contributed by atoms with E-state index in [9.17, 15) is 24.3 Å². The van der Waals surface area contributed by atoms with Crippen molar-refractivity contribution in [3.8, 4) is 0 Å². The minimum absolute atomic E-state index is 0.301. The second kappa shape index (κ2) is 13.0. The number of fused-ring (bicyclic) bond motifs is 1. The highest BCUT2D eigenvalue weighted by Gasteiger charge is 2.74. The third-order valence-electron chi connectivity index (χ3n) is 9.24. The van der Waals surface area contributed by atoms with Gasteiger partial charge in [-0.15, -0.1) is 11.6 Å². The number of hydrogen-bond donors (Lipinski definition) is 1. The molecule has 1 heterocycles. The first-order chi connectivity index (χ1) is 19.2. The molecule has 9 nitrogen and oxygen atoms in total. The molecule has 3 rings (SSSR count). The first kappa shape index (κ1) is 33.3. The van der Waals surface area contributed by atoms with E-state index in [1.807, 2.05) is 27.7 Å². The van der Waals surface area contributed by atoms with E-state index in [2.05, 4.69) is 0 Å². The zero-order valence-electron chi connectivity index (χ0n) is 25.4. The van der Waals surface area contributed by atoms with Crippen molar-refractivity contribution < 1.29 is 43.2 Å². The first-order valence-electron chi connectivity index (χ1n) is 14.7. The maximum absolute atomic E-state index is 13.9. The van der Waals surface area contributed by atoms with Crippen LogP contribution in [-0.4, -0.2) is 70.8 Å². The molecule has 0 aromatic carbocycles. The van der Waals surface area contributed by atoms with Crippen LogP contribution in [-0.2, 0) is 38.1 Å². The fourth-order valence-corrected chi connectivity index (χ4v) is 6.31. The predicted octanol–water partition coefficient (Wildman–Crippen LogP) is 4.32. The fraction of sp³-hybridized carbons (Fsp3) is 0.742. The Bertz CT molecular complexity index is 1090. The first-order valence-corrected chi connectivity index (χ1v) is 15.2. The monoisotopic (exact) mass is 596 g/mol. The second-order valence-electron chi connectivity index (χ2n) is 12.0. The third-order valence-corrected chi connectivity index (χ3v) is 9.67. The number of carbonyl (C=O) groups excluding carboxylic acids is 4. The molecule has 0 aromatic rings. The van der Waals surface area contributed by atoms with Gasteiger partial charge in [0.1, 0.15) is 11.7 Å². The van der Waals surface area contributed by atoms with E-state index in [1.54, 1.807) is 33.8 Å². The van der Waals surface area contributed by atoms with Crippen molar-refractivity contribution in [2.45, 2.75) is 104 Å². The van der Waals surface area contributed by atoms with Crippen molar-refractivity contribution in [3.05, 3.63) is 23.3 Å². The quantitative estimate of drug-likeness (QED) is 0.122. The zero-order chi connectivity index (χ0) is 30.9. The van der Waals surface area contributed by atoms with Crippen LogP contribution in [0.4, 0.5) is 0 Å². The predicted molar refractivity (Wildman–Crippen MR) is 152 cm³/mol. The van der Waals surface area contributed by atoms with E-state index in [1.165, 1.54) is 6.08 Å². The minimum Gasteiger partial charge on any atom is -0.458 e. The van der Waals surface area contributed by atoms with Gasteiger partial charge in [0, 0.05) is 23.8 Å². The van der Waals surface area contributed by atoms with Gasteiger partial charge in [-0.2, -0.15) is 0 Å². The summed E-state index contributed by atoms with van der Waals surface area (Å²) in [6.45, 7) is 14.6. The average molecular weight is 597 g/mol. The maximum Gasteiger partial charge on any atom is 0.331 e. The molecule has 0 radical (unpaired) electrons. The number of Topliss-reactive ketones (excluding diaryl/α,β-unsaturated/α-hetero) is 1. The van der Waals surface area contributed by atoms with Crippen LogP contribution in [0.15, 0.2) is 23.3 Å². The summed E-state index contributed by atoms with van der Waals surface area (Å²) in [7, 11) is 0. The van der Waals surface area contributed by atoms with Gasteiger partial charge >= 0.3 is 17.9 Å². The standard InChI is InChI=1S/C31H45ClO9/c1-9-16(5)13-20(33)39-27-26(41-29(36)18(7)11-3)22(30(8)15-38-30)21-19(12-4)24(34)25(23(21)31(27,37)14-32)40-28(35)17(6)10-2/h12-13,17-18,21-23,25-27,37H,9-11,14-15H2,1-8H3/b16-13+,19-12+/t17-,18+,21-,22-,23-,25-,26+,27+,30+,31+/m0/s1. The third kappa shape index (κ3) is 6.27. The number of alkyl halides is 1. The molecule has 3 aliphatic rings. The topological polar surface area (TPSA) is 129 Å². The van der Waals surface area contributed by atoms with Gasteiger partial charge in [0.2, 0.25) is 0 Å². The molecule has 41 heavy (non-hydrogen) atoms. The molecule has 10 atom stereocenters. The van der Waals surface area contributed by atoms with E-state index in [-0.39, 0.29) is 0 Å². The molecule has 1 saturated heterocycles. The summed E-state index contributed by atoms with van der Waals surface area (Å²) < 4.78 is 23.7. The Hall–Kier alpha value is -2.23. The van der Waals surface area contributed by atoms with Crippen molar-refractivity contribution in [1.82, 2.24) is 0 Å². The molecule has 0 unspecified atom stereocenters. The van der Waals surface area contributed by atoms with Crippen LogP contribution < -0.4 is 0 Å². The van der Waals surface area contributed by atoms with E-state index in [0.29, 0.717) is 31.4 Å². The average Bonchev–Trinajstić information content (AvgIpc) is 3.63. The Morgan fingerprint density at radius 1 is 1.07 bits per heavy atom. The molecule has 2 aliphatic carbocycles. The smallest absolute Gasteiger partial charge is 0.331 e. The molecule has 3 fully saturated rings. The van der Waals surface area contributed by atoms with Crippen LogP contribution in [0.25, 0.3) is 0 Å². The van der Waals surface area contributed by atoms with Gasteiger partial charge in [-0.3, -0.25) is 14.4 Å². The number of rotatable bonds is 11. The number of ketones is 1. The normalized spacial score (nSPS) is 37.3. The summed E-state index contributed by atoms with van der Waals surface area (Å²) in [5.41, 5.74) is -1.88. The maximum atomic E-state index is 13.9. The van der Waals surface area contributed by atoms with Crippen LogP contribution >= 0.6 is 11.6 Å². The van der Waals surface area contributed by atoms with Gasteiger partial charge < -0.3 is 24.1 Å². The molecule has 230 valence electrons. The van der Waals surface area contributed by atoms with Gasteiger partial charge in [-0.05, 0) is 45.6 Å². The number of ether oxygens (including phenoxy) is 4. The minimum atomic E-state index is -2.10. The Kier molecular flexibility index (Phi) is 10.5. The van der Waals surface area contributed by atoms with Gasteiger partial charge in [0.05, 0.1) is 29.9 Å². The highest BCUT2D eigenvalue weighted by molar-refractivity contribution is 6.19. The van der Waals surface area contributed by atoms with E-state index in [4.69, 9.17) is 30.5 Å². The Morgan fingerprint density at radius 3 is 2.10 bits per heavy atom. The highest BCUT2D eigenvalue weighted by atomic mass is 35.5. The lowest BCUT2D eigenvalue weighted by Crippen LogP contribution is -2.70. The Labute approximate surface area is 247 Å². The molecule has 1 aliphatic heterocycles. The highest BCUT2D eigenvalue weighted by Crippen LogP contribution is 2.59. The molecule has 1 N–H and O–H groups in total. The molecular formula is C31H45ClO9. The van der Waals surface area contributed by atoms with Crippen LogP contribution in [0.3, 0.4) is 0 Å². The molecule has 2 saturated carbocycles. The summed E-state index contributed by atoms with van der Waals surface area (Å²) in [4.78, 5) is 53.2. The fourth-order valence-electron chi connectivity index (χ4n) is 5.98. The van der Waals surface area contributed by atoms with Gasteiger partial charge in [-0.25, -0.2) is 4.79 Å². The number of halogens is 1. The molecule has 0 spiro atoms. The summed E-state index contributed by atoms with van der Waals surface area (Å²) in [5.74, 6) is -6.29. The van der Waals surface area contributed by atoms with Crippen molar-refractivity contribution in [1.29, 1.82) is 0 Å². The lowest BCUT2D eigenvalue weighted by molar-refractivity contribution is -0.243. The number of esters is 3. The van der Waals surface area contributed by atoms with Crippen molar-refractivity contribution in [2.24, 2.45) is 29.6 Å². The summed E-state index contributed by atoms with van der Waals surface area (Å²) in [5, 5.41) is 12.4. The van der Waals surface area contributed by atoms with Gasteiger partial charge in [-0.1, -0.05) is 46.3 Å². The van der Waals surface area contributed by atoms with E-state index < -0.39 is 88.7 Å². The van der Waals surface area contributed by atoms with E-state index in [0.717, 1.165) is 5.57 Å². The molecule has 0 aromatic heterocycles. The number of epoxide rings is 1. The Morgan fingerprint density at radius 2 is 1.63 bits per heavy atom. The number of hydrogen-bond acceptors (Lipinski definition) is 9. The SMILES string of the molecule is C/C=C1/C(=O)[C@@H](OC(=O)[C@@H](C)CC)[C@@H]2[C@@H]1[C@H]([C@@]1(C)CO1)[C@@H](OC(=O)[C@H](C)CC)[C@@H](OC(=O)/C=C(\C)CC)[C@@]2(O)CCl. The summed E-state index contributed by atoms with van der Waals surface area (Å²) in [6, 6.07) is 0. The van der Waals surface area contributed by atoms with Gasteiger partial charge in [0.15, 0.2) is 18.0 Å². The van der Waals surface area contributed by atoms with Crippen molar-refractivity contribution in [3.63, 3.8) is 0 Å². The number of allylic oxidation sites excluding steroid dienone is 2. The molecule has 10 heteroatoms. The zero-order valence-corrected chi connectivity index (χ0v) is 26.2. The summed E-state index contributed by atoms with van der Waals surface area (Å²) >= 11 is 6.50.